The van der Waals surface area contributed by atoms with Gasteiger partial charge in [0, 0.05) is 6.04 Å². The Morgan fingerprint density at radius 1 is 1.20 bits per heavy atom. The molecule has 2 rings (SSSR count). The van der Waals surface area contributed by atoms with E-state index in [9.17, 15) is 8.42 Å². The van der Waals surface area contributed by atoms with Gasteiger partial charge in [-0.05, 0) is 35.9 Å². The Balaban J connectivity index is 2.10. The summed E-state index contributed by atoms with van der Waals surface area (Å²) in [4.78, 5) is 0. The predicted molar refractivity (Wildman–Crippen MR) is 83.5 cm³/mol. The van der Waals surface area contributed by atoms with Gasteiger partial charge >= 0.3 is 0 Å². The summed E-state index contributed by atoms with van der Waals surface area (Å²) in [6, 6.07) is 11.2. The number of sulfonamides is 1. The number of aryl methyl sites for hydroxylation is 1. The van der Waals surface area contributed by atoms with Gasteiger partial charge in [0.1, 0.15) is 4.21 Å². The molecule has 1 aromatic carbocycles. The van der Waals surface area contributed by atoms with Gasteiger partial charge in [-0.1, -0.05) is 43.7 Å². The number of benzene rings is 1. The van der Waals surface area contributed by atoms with E-state index in [1.54, 1.807) is 17.5 Å². The molecule has 0 saturated heterocycles. The Bertz CT molecular complexity index is 631. The van der Waals surface area contributed by atoms with Gasteiger partial charge in [-0.3, -0.25) is 0 Å². The Kier molecular flexibility index (Phi) is 4.96. The van der Waals surface area contributed by atoms with Crippen LogP contribution >= 0.6 is 11.3 Å². The van der Waals surface area contributed by atoms with Crippen molar-refractivity contribution >= 4 is 21.4 Å². The second-order valence-electron chi connectivity index (χ2n) is 4.77. The average molecular weight is 309 g/mol. The van der Waals surface area contributed by atoms with E-state index in [0.29, 0.717) is 4.21 Å². The highest BCUT2D eigenvalue weighted by molar-refractivity contribution is 7.91. The van der Waals surface area contributed by atoms with Crippen LogP contribution in [0.3, 0.4) is 0 Å². The van der Waals surface area contributed by atoms with Crippen LogP contribution in [0.4, 0.5) is 0 Å². The normalized spacial score (nSPS) is 13.3. The lowest BCUT2D eigenvalue weighted by Crippen LogP contribution is -2.26. The molecule has 0 radical (unpaired) electrons. The molecule has 1 heterocycles. The van der Waals surface area contributed by atoms with Crippen molar-refractivity contribution < 1.29 is 8.42 Å². The summed E-state index contributed by atoms with van der Waals surface area (Å²) in [5, 5.41) is 1.76. The molecule has 1 atom stereocenters. The highest BCUT2D eigenvalue weighted by Crippen LogP contribution is 2.20. The van der Waals surface area contributed by atoms with Gasteiger partial charge in [0.15, 0.2) is 0 Å². The van der Waals surface area contributed by atoms with Crippen LogP contribution in [-0.4, -0.2) is 8.42 Å². The maximum absolute atomic E-state index is 12.1. The largest absolute Gasteiger partial charge is 0.250 e. The Labute approximate surface area is 124 Å². The molecule has 5 heteroatoms. The molecule has 3 nitrogen and oxygen atoms in total. The molecule has 20 heavy (non-hydrogen) atoms. The van der Waals surface area contributed by atoms with E-state index in [0.717, 1.165) is 18.4 Å². The first-order valence-corrected chi connectivity index (χ1v) is 9.04. The Hall–Kier alpha value is -1.17. The van der Waals surface area contributed by atoms with Crippen molar-refractivity contribution in [3.8, 4) is 0 Å². The van der Waals surface area contributed by atoms with Gasteiger partial charge in [0.2, 0.25) is 0 Å². The van der Waals surface area contributed by atoms with Crippen molar-refractivity contribution in [2.75, 3.05) is 0 Å². The molecule has 1 N–H and O–H groups in total. The molecule has 0 bridgehead atoms. The van der Waals surface area contributed by atoms with Gasteiger partial charge in [-0.15, -0.1) is 11.3 Å². The molecule has 0 spiro atoms. The van der Waals surface area contributed by atoms with E-state index in [1.807, 2.05) is 19.1 Å². The second kappa shape index (κ2) is 6.52. The molecule has 0 aliphatic carbocycles. The molecule has 0 aliphatic heterocycles. The van der Waals surface area contributed by atoms with Crippen LogP contribution in [0.15, 0.2) is 46.0 Å². The number of hydrogen-bond donors (Lipinski definition) is 1. The van der Waals surface area contributed by atoms with Crippen LogP contribution in [-0.2, 0) is 16.4 Å². The number of rotatable bonds is 6. The molecule has 0 saturated carbocycles. The fourth-order valence-electron chi connectivity index (χ4n) is 2.04. The molecule has 1 unspecified atom stereocenters. The van der Waals surface area contributed by atoms with Crippen molar-refractivity contribution in [2.24, 2.45) is 0 Å². The maximum Gasteiger partial charge on any atom is 0.250 e. The average Bonchev–Trinajstić information content (AvgIpc) is 2.94. The lowest BCUT2D eigenvalue weighted by Gasteiger charge is -2.14. The smallest absolute Gasteiger partial charge is 0.206 e. The monoisotopic (exact) mass is 309 g/mol. The quantitative estimate of drug-likeness (QED) is 0.883. The highest BCUT2D eigenvalue weighted by atomic mass is 32.2. The molecular weight excluding hydrogens is 290 g/mol. The zero-order valence-electron chi connectivity index (χ0n) is 11.7. The minimum atomic E-state index is -3.42. The molecule has 0 fully saturated rings. The van der Waals surface area contributed by atoms with Crippen molar-refractivity contribution in [2.45, 2.75) is 36.9 Å². The van der Waals surface area contributed by atoms with Crippen LogP contribution in [0.1, 0.15) is 37.4 Å². The predicted octanol–water partition coefficient (Wildman–Crippen LogP) is 3.74. The number of hydrogen-bond acceptors (Lipinski definition) is 3. The van der Waals surface area contributed by atoms with Gasteiger partial charge in [0.05, 0.1) is 0 Å². The van der Waals surface area contributed by atoms with E-state index in [1.165, 1.54) is 16.9 Å². The summed E-state index contributed by atoms with van der Waals surface area (Å²) in [5.74, 6) is 0. The first kappa shape index (κ1) is 15.2. The maximum atomic E-state index is 12.1. The minimum Gasteiger partial charge on any atom is -0.206 e. The fourth-order valence-corrected chi connectivity index (χ4v) is 4.28. The molecule has 2 aromatic rings. The van der Waals surface area contributed by atoms with Crippen LogP contribution < -0.4 is 4.72 Å². The lowest BCUT2D eigenvalue weighted by molar-refractivity contribution is 0.569. The van der Waals surface area contributed by atoms with Crippen molar-refractivity contribution in [1.82, 2.24) is 4.72 Å². The van der Waals surface area contributed by atoms with Gasteiger partial charge < -0.3 is 0 Å². The number of thiophene rings is 1. The summed E-state index contributed by atoms with van der Waals surface area (Å²) < 4.78 is 27.4. The zero-order valence-corrected chi connectivity index (χ0v) is 13.3. The van der Waals surface area contributed by atoms with Crippen LogP contribution in [0.2, 0.25) is 0 Å². The van der Waals surface area contributed by atoms with Gasteiger partial charge in [-0.2, -0.15) is 0 Å². The third-order valence-corrected chi connectivity index (χ3v) is 6.05. The topological polar surface area (TPSA) is 46.2 Å². The van der Waals surface area contributed by atoms with Crippen LogP contribution in [0.5, 0.6) is 0 Å². The molecular formula is C15H19NO2S2. The standard InChI is InChI=1S/C15H19NO2S2/c1-3-5-13-7-9-14(10-8-13)12(2)16-20(17,18)15-6-4-11-19-15/h4,6-12,16H,3,5H2,1-2H3. The van der Waals surface area contributed by atoms with Crippen LogP contribution in [0, 0.1) is 0 Å². The molecule has 1 aromatic heterocycles. The summed E-state index contributed by atoms with van der Waals surface area (Å²) >= 11 is 1.23. The van der Waals surface area contributed by atoms with E-state index in [-0.39, 0.29) is 6.04 Å². The third kappa shape index (κ3) is 3.69. The first-order valence-electron chi connectivity index (χ1n) is 6.67. The van der Waals surface area contributed by atoms with E-state index in [2.05, 4.69) is 23.8 Å². The van der Waals surface area contributed by atoms with Crippen molar-refractivity contribution in [3.63, 3.8) is 0 Å². The third-order valence-electron chi connectivity index (χ3n) is 3.11. The lowest BCUT2D eigenvalue weighted by atomic mass is 10.0. The zero-order chi connectivity index (χ0) is 14.6. The summed E-state index contributed by atoms with van der Waals surface area (Å²) in [7, 11) is -3.42. The summed E-state index contributed by atoms with van der Waals surface area (Å²) in [6.07, 6.45) is 2.16. The Morgan fingerprint density at radius 3 is 2.45 bits per heavy atom. The fraction of sp³-hybridized carbons (Fsp3) is 0.333. The van der Waals surface area contributed by atoms with Gasteiger partial charge in [-0.25, -0.2) is 13.1 Å². The molecule has 0 aliphatic rings. The Morgan fingerprint density at radius 2 is 1.90 bits per heavy atom. The van der Waals surface area contributed by atoms with Crippen molar-refractivity contribution in [1.29, 1.82) is 0 Å². The summed E-state index contributed by atoms with van der Waals surface area (Å²) in [5.41, 5.74) is 2.26. The molecule has 0 amide bonds. The summed E-state index contributed by atoms with van der Waals surface area (Å²) in [6.45, 7) is 4.01. The van der Waals surface area contributed by atoms with Crippen molar-refractivity contribution in [3.05, 3.63) is 52.9 Å². The van der Waals surface area contributed by atoms with E-state index < -0.39 is 10.0 Å². The number of nitrogens with one attached hydrogen (secondary N) is 1. The van der Waals surface area contributed by atoms with Gasteiger partial charge in [0.25, 0.3) is 10.0 Å². The van der Waals surface area contributed by atoms with E-state index in [4.69, 9.17) is 0 Å². The molecule has 108 valence electrons. The highest BCUT2D eigenvalue weighted by Gasteiger charge is 2.18. The SMILES string of the molecule is CCCc1ccc(C(C)NS(=O)(=O)c2cccs2)cc1. The van der Waals surface area contributed by atoms with Crippen LogP contribution in [0.25, 0.3) is 0 Å². The van der Waals surface area contributed by atoms with E-state index >= 15 is 0 Å². The minimum absolute atomic E-state index is 0.238. The first-order chi connectivity index (χ1) is 9.53. The second-order valence-corrected chi connectivity index (χ2v) is 7.66.